The van der Waals surface area contributed by atoms with Crippen molar-refractivity contribution in [3.05, 3.63) is 47.2 Å². The fourth-order valence-corrected chi connectivity index (χ4v) is 2.49. The van der Waals surface area contributed by atoms with Crippen LogP contribution in [0.2, 0.25) is 5.02 Å². The number of halogens is 2. The molecule has 0 fully saturated rings. The molecule has 0 radical (unpaired) electrons. The topological polar surface area (TPSA) is 56.8 Å². The summed E-state index contributed by atoms with van der Waals surface area (Å²) in [5, 5.41) is 3.10. The van der Waals surface area contributed by atoms with Gasteiger partial charge in [0.05, 0.1) is 37.0 Å². The molecule has 1 aliphatic rings. The minimum atomic E-state index is -0.339. The molecule has 132 valence electrons. The van der Waals surface area contributed by atoms with Crippen LogP contribution in [0.1, 0.15) is 12.8 Å². The van der Waals surface area contributed by atoms with E-state index in [0.29, 0.717) is 41.2 Å². The van der Waals surface area contributed by atoms with Gasteiger partial charge >= 0.3 is 0 Å². The molecule has 2 aromatic rings. The van der Waals surface area contributed by atoms with E-state index < -0.39 is 0 Å². The molecule has 1 amide bonds. The molecule has 1 N–H and O–H groups in total. The lowest BCUT2D eigenvalue weighted by molar-refractivity contribution is -0.116. The highest BCUT2D eigenvalue weighted by Crippen LogP contribution is 2.37. The minimum Gasteiger partial charge on any atom is -0.493 e. The highest BCUT2D eigenvalue weighted by Gasteiger charge is 2.15. The summed E-state index contributed by atoms with van der Waals surface area (Å²) < 4.78 is 29.3. The van der Waals surface area contributed by atoms with Gasteiger partial charge in [-0.1, -0.05) is 11.6 Å². The average molecular weight is 366 g/mol. The molecule has 3 rings (SSSR count). The van der Waals surface area contributed by atoms with E-state index >= 15 is 0 Å². The lowest BCUT2D eigenvalue weighted by atomic mass is 10.2. The third kappa shape index (κ3) is 4.76. The van der Waals surface area contributed by atoms with Crippen LogP contribution in [-0.2, 0) is 4.79 Å². The molecule has 0 bridgehead atoms. The van der Waals surface area contributed by atoms with Crippen LogP contribution in [0.5, 0.6) is 17.2 Å². The van der Waals surface area contributed by atoms with Crippen molar-refractivity contribution in [2.24, 2.45) is 0 Å². The van der Waals surface area contributed by atoms with Gasteiger partial charge < -0.3 is 19.5 Å². The zero-order chi connectivity index (χ0) is 17.6. The Hall–Kier alpha value is -2.47. The largest absolute Gasteiger partial charge is 0.493 e. The van der Waals surface area contributed by atoms with E-state index in [4.69, 9.17) is 25.8 Å². The van der Waals surface area contributed by atoms with E-state index in [1.165, 1.54) is 24.3 Å². The first-order valence-corrected chi connectivity index (χ1v) is 8.27. The number of fused-ring (bicyclic) bond motifs is 1. The highest BCUT2D eigenvalue weighted by molar-refractivity contribution is 6.34. The number of carbonyl (C=O) groups is 1. The second kappa shape index (κ2) is 8.07. The molecule has 0 atom stereocenters. The summed E-state index contributed by atoms with van der Waals surface area (Å²) in [4.78, 5) is 12.1. The maximum absolute atomic E-state index is 12.8. The number of hydrogen-bond acceptors (Lipinski definition) is 4. The summed E-state index contributed by atoms with van der Waals surface area (Å²) in [6.45, 7) is 1.28. The molecule has 2 aromatic carbocycles. The molecule has 1 heterocycles. The van der Waals surface area contributed by atoms with Crippen molar-refractivity contribution in [2.75, 3.05) is 25.1 Å². The van der Waals surface area contributed by atoms with Crippen molar-refractivity contribution in [2.45, 2.75) is 12.8 Å². The summed E-state index contributed by atoms with van der Waals surface area (Å²) in [6.07, 6.45) is 0.914. The number of hydrogen-bond donors (Lipinski definition) is 1. The number of ether oxygens (including phenoxy) is 3. The van der Waals surface area contributed by atoms with Gasteiger partial charge in [0.25, 0.3) is 0 Å². The van der Waals surface area contributed by atoms with Crippen molar-refractivity contribution in [1.29, 1.82) is 0 Å². The minimum absolute atomic E-state index is 0.127. The third-order valence-electron chi connectivity index (χ3n) is 3.52. The number of anilines is 1. The second-order valence-electron chi connectivity index (χ2n) is 5.43. The van der Waals surface area contributed by atoms with Gasteiger partial charge in [0.1, 0.15) is 11.6 Å². The number of benzene rings is 2. The number of rotatable bonds is 5. The van der Waals surface area contributed by atoms with E-state index in [1.54, 1.807) is 12.1 Å². The predicted molar refractivity (Wildman–Crippen MR) is 92.2 cm³/mol. The summed E-state index contributed by atoms with van der Waals surface area (Å²) in [7, 11) is 0. The smallest absolute Gasteiger partial charge is 0.227 e. The van der Waals surface area contributed by atoms with Gasteiger partial charge in [0.2, 0.25) is 5.91 Å². The molecule has 1 aliphatic heterocycles. The van der Waals surface area contributed by atoms with Gasteiger partial charge in [-0.3, -0.25) is 4.79 Å². The third-order valence-corrected chi connectivity index (χ3v) is 3.84. The number of amides is 1. The summed E-state index contributed by atoms with van der Waals surface area (Å²) in [6, 6.07) is 8.90. The molecule has 7 heteroatoms. The summed E-state index contributed by atoms with van der Waals surface area (Å²) in [5.74, 6) is 1.04. The molecule has 0 aliphatic carbocycles. The Morgan fingerprint density at radius 2 is 1.84 bits per heavy atom. The molecular weight excluding hydrogens is 349 g/mol. The first-order chi connectivity index (χ1) is 12.1. The van der Waals surface area contributed by atoms with E-state index in [0.717, 1.165) is 6.42 Å². The van der Waals surface area contributed by atoms with E-state index in [9.17, 15) is 9.18 Å². The molecule has 0 saturated heterocycles. The van der Waals surface area contributed by atoms with Gasteiger partial charge in [-0.15, -0.1) is 0 Å². The lowest BCUT2D eigenvalue weighted by Crippen LogP contribution is -2.15. The van der Waals surface area contributed by atoms with Gasteiger partial charge in [-0.05, 0) is 24.3 Å². The Bertz CT molecular complexity index is 751. The molecular formula is C18H17ClFNO4. The lowest BCUT2D eigenvalue weighted by Gasteiger charge is -2.12. The van der Waals surface area contributed by atoms with Crippen molar-refractivity contribution in [3.8, 4) is 17.2 Å². The van der Waals surface area contributed by atoms with Gasteiger partial charge in [0.15, 0.2) is 11.5 Å². The second-order valence-corrected chi connectivity index (χ2v) is 5.84. The zero-order valence-corrected chi connectivity index (χ0v) is 14.1. The Labute approximate surface area is 149 Å². The Balaban J connectivity index is 1.55. The fraction of sp³-hybridized carbons (Fsp3) is 0.278. The SMILES string of the molecule is O=C(CCOc1ccc(F)cc1)Nc1cc2c(cc1Cl)OCCCO2. The summed E-state index contributed by atoms with van der Waals surface area (Å²) >= 11 is 6.19. The van der Waals surface area contributed by atoms with Crippen molar-refractivity contribution < 1.29 is 23.4 Å². The first-order valence-electron chi connectivity index (χ1n) is 7.89. The van der Waals surface area contributed by atoms with Crippen molar-refractivity contribution >= 4 is 23.2 Å². The Kier molecular flexibility index (Phi) is 5.60. The number of nitrogens with one attached hydrogen (secondary N) is 1. The average Bonchev–Trinajstić information content (AvgIpc) is 2.82. The van der Waals surface area contributed by atoms with Crippen LogP contribution in [0.15, 0.2) is 36.4 Å². The van der Waals surface area contributed by atoms with Crippen LogP contribution in [0.4, 0.5) is 10.1 Å². The van der Waals surface area contributed by atoms with Crippen LogP contribution >= 0.6 is 11.6 Å². The predicted octanol–water partition coefficient (Wildman–Crippen LogP) is 4.05. The van der Waals surface area contributed by atoms with Crippen LogP contribution in [0.25, 0.3) is 0 Å². The molecule has 0 saturated carbocycles. The van der Waals surface area contributed by atoms with Crippen LogP contribution in [0, 0.1) is 5.82 Å². The van der Waals surface area contributed by atoms with E-state index in [1.807, 2.05) is 0 Å². The highest BCUT2D eigenvalue weighted by atomic mass is 35.5. The zero-order valence-electron chi connectivity index (χ0n) is 13.4. The molecule has 0 spiro atoms. The quantitative estimate of drug-likeness (QED) is 0.868. The Morgan fingerprint density at radius 1 is 1.16 bits per heavy atom. The standard InChI is InChI=1S/C18H17ClFNO4/c19-14-10-16-17(25-8-1-7-24-16)11-15(14)21-18(22)6-9-23-13-4-2-12(20)3-5-13/h2-5,10-11H,1,6-9H2,(H,21,22). The van der Waals surface area contributed by atoms with E-state index in [2.05, 4.69) is 5.32 Å². The summed E-state index contributed by atoms with van der Waals surface area (Å²) in [5.41, 5.74) is 0.456. The number of carbonyl (C=O) groups excluding carboxylic acids is 1. The molecule has 25 heavy (non-hydrogen) atoms. The maximum Gasteiger partial charge on any atom is 0.227 e. The monoisotopic (exact) mass is 365 g/mol. The van der Waals surface area contributed by atoms with Gasteiger partial charge in [0, 0.05) is 18.6 Å². The fourth-order valence-electron chi connectivity index (χ4n) is 2.28. The van der Waals surface area contributed by atoms with E-state index in [-0.39, 0.29) is 24.8 Å². The van der Waals surface area contributed by atoms with Gasteiger partial charge in [-0.2, -0.15) is 0 Å². The van der Waals surface area contributed by atoms with Crippen LogP contribution in [-0.4, -0.2) is 25.7 Å². The van der Waals surface area contributed by atoms with Gasteiger partial charge in [-0.25, -0.2) is 4.39 Å². The Morgan fingerprint density at radius 3 is 2.56 bits per heavy atom. The van der Waals surface area contributed by atoms with Crippen LogP contribution < -0.4 is 19.5 Å². The maximum atomic E-state index is 12.8. The molecule has 0 aromatic heterocycles. The molecule has 5 nitrogen and oxygen atoms in total. The van der Waals surface area contributed by atoms with Crippen molar-refractivity contribution in [3.63, 3.8) is 0 Å². The van der Waals surface area contributed by atoms with Crippen LogP contribution in [0.3, 0.4) is 0 Å². The normalized spacial score (nSPS) is 13.0. The molecule has 0 unspecified atom stereocenters. The van der Waals surface area contributed by atoms with Crippen molar-refractivity contribution in [1.82, 2.24) is 0 Å². The first kappa shape index (κ1) is 17.4.